The highest BCUT2D eigenvalue weighted by Crippen LogP contribution is 2.41. The second-order valence-electron chi connectivity index (χ2n) is 6.42. The number of rotatable bonds is 10. The lowest BCUT2D eigenvalue weighted by Gasteiger charge is -2.35. The van der Waals surface area contributed by atoms with E-state index in [1.165, 1.54) is 89.9 Å². The van der Waals surface area contributed by atoms with Gasteiger partial charge in [0.25, 0.3) is 0 Å². The van der Waals surface area contributed by atoms with Crippen LogP contribution in [-0.2, 0) is 0 Å². The topological polar surface area (TPSA) is 0 Å². The van der Waals surface area contributed by atoms with Gasteiger partial charge in [-0.1, -0.05) is 77.6 Å². The summed E-state index contributed by atoms with van der Waals surface area (Å²) in [4.78, 5) is 0. The molecule has 0 atom stereocenters. The van der Waals surface area contributed by atoms with Crippen LogP contribution in [0.2, 0.25) is 0 Å². The molecule has 0 amide bonds. The molecule has 1 heteroatoms. The van der Waals surface area contributed by atoms with Gasteiger partial charge in [0.1, 0.15) is 0 Å². The molecule has 1 saturated carbocycles. The van der Waals surface area contributed by atoms with E-state index in [0.717, 1.165) is 5.88 Å². The van der Waals surface area contributed by atoms with Crippen LogP contribution in [0.1, 0.15) is 96.8 Å². The van der Waals surface area contributed by atoms with Gasteiger partial charge < -0.3 is 0 Å². The van der Waals surface area contributed by atoms with E-state index in [0.29, 0.717) is 5.41 Å². The minimum atomic E-state index is 0.530. The standard InChI is InChI=1S/C17H33Cl/c1-2-3-4-5-6-7-8-10-13-17(16-18)14-11-9-12-15-17/h2-16H2,1H3. The molecule has 0 aromatic carbocycles. The van der Waals surface area contributed by atoms with Crippen LogP contribution in [0, 0.1) is 5.41 Å². The van der Waals surface area contributed by atoms with Gasteiger partial charge >= 0.3 is 0 Å². The fourth-order valence-electron chi connectivity index (χ4n) is 3.39. The van der Waals surface area contributed by atoms with E-state index in [2.05, 4.69) is 6.92 Å². The molecule has 1 aliphatic rings. The molecule has 0 radical (unpaired) electrons. The Labute approximate surface area is 120 Å². The highest BCUT2D eigenvalue weighted by molar-refractivity contribution is 6.18. The van der Waals surface area contributed by atoms with Gasteiger partial charge in [0, 0.05) is 5.88 Å². The Balaban J connectivity index is 1.98. The fraction of sp³-hybridized carbons (Fsp3) is 1.00. The molecule has 0 spiro atoms. The van der Waals surface area contributed by atoms with Gasteiger partial charge in [-0.2, -0.15) is 0 Å². The maximum Gasteiger partial charge on any atom is 0.0279 e. The third kappa shape index (κ3) is 6.45. The van der Waals surface area contributed by atoms with Gasteiger partial charge in [-0.25, -0.2) is 0 Å². The lowest BCUT2D eigenvalue weighted by atomic mass is 9.72. The minimum Gasteiger partial charge on any atom is -0.126 e. The maximum absolute atomic E-state index is 6.23. The summed E-state index contributed by atoms with van der Waals surface area (Å²) in [7, 11) is 0. The van der Waals surface area contributed by atoms with Crippen molar-refractivity contribution < 1.29 is 0 Å². The first-order valence-corrected chi connectivity index (χ1v) is 8.92. The van der Waals surface area contributed by atoms with Gasteiger partial charge in [-0.15, -0.1) is 11.6 Å². The predicted octanol–water partition coefficient (Wildman–Crippen LogP) is 6.71. The molecule has 0 aromatic rings. The van der Waals surface area contributed by atoms with Crippen LogP contribution in [-0.4, -0.2) is 5.88 Å². The van der Waals surface area contributed by atoms with E-state index < -0.39 is 0 Å². The summed E-state index contributed by atoms with van der Waals surface area (Å²) < 4.78 is 0. The Morgan fingerprint density at radius 2 is 1.33 bits per heavy atom. The third-order valence-electron chi connectivity index (χ3n) is 4.76. The van der Waals surface area contributed by atoms with Crippen LogP contribution >= 0.6 is 11.6 Å². The molecule has 0 aliphatic heterocycles. The van der Waals surface area contributed by atoms with Crippen molar-refractivity contribution in [2.24, 2.45) is 5.41 Å². The van der Waals surface area contributed by atoms with Crippen molar-refractivity contribution in [1.82, 2.24) is 0 Å². The van der Waals surface area contributed by atoms with E-state index in [1.807, 2.05) is 0 Å². The Morgan fingerprint density at radius 1 is 0.778 bits per heavy atom. The van der Waals surface area contributed by atoms with Crippen molar-refractivity contribution in [1.29, 1.82) is 0 Å². The zero-order valence-electron chi connectivity index (χ0n) is 12.5. The van der Waals surface area contributed by atoms with E-state index in [4.69, 9.17) is 11.6 Å². The van der Waals surface area contributed by atoms with Crippen LogP contribution in [0.15, 0.2) is 0 Å². The van der Waals surface area contributed by atoms with E-state index in [9.17, 15) is 0 Å². The third-order valence-corrected chi connectivity index (χ3v) is 5.33. The molecule has 1 aliphatic carbocycles. The second kappa shape index (κ2) is 10.1. The summed E-state index contributed by atoms with van der Waals surface area (Å²) in [5.41, 5.74) is 0.530. The van der Waals surface area contributed by atoms with Crippen molar-refractivity contribution >= 4 is 11.6 Å². The van der Waals surface area contributed by atoms with Gasteiger partial charge in [-0.05, 0) is 24.7 Å². The van der Waals surface area contributed by atoms with Gasteiger partial charge in [0.05, 0.1) is 0 Å². The van der Waals surface area contributed by atoms with Gasteiger partial charge in [-0.3, -0.25) is 0 Å². The SMILES string of the molecule is CCCCCCCCCCC1(CCl)CCCCC1. The normalized spacial score (nSPS) is 19.0. The summed E-state index contributed by atoms with van der Waals surface area (Å²) in [6.45, 7) is 2.29. The fourth-order valence-corrected chi connectivity index (χ4v) is 3.79. The summed E-state index contributed by atoms with van der Waals surface area (Å²) >= 11 is 6.23. The Morgan fingerprint density at radius 3 is 1.89 bits per heavy atom. The van der Waals surface area contributed by atoms with Crippen molar-refractivity contribution in [2.75, 3.05) is 5.88 Å². The maximum atomic E-state index is 6.23. The molecule has 1 fully saturated rings. The van der Waals surface area contributed by atoms with E-state index in [-0.39, 0.29) is 0 Å². The van der Waals surface area contributed by atoms with E-state index >= 15 is 0 Å². The first-order chi connectivity index (χ1) is 8.83. The minimum absolute atomic E-state index is 0.530. The quantitative estimate of drug-likeness (QED) is 0.306. The lowest BCUT2D eigenvalue weighted by molar-refractivity contribution is 0.197. The number of hydrogen-bond donors (Lipinski definition) is 0. The first-order valence-electron chi connectivity index (χ1n) is 8.39. The van der Waals surface area contributed by atoms with Crippen LogP contribution in [0.4, 0.5) is 0 Å². The zero-order chi connectivity index (χ0) is 13.1. The van der Waals surface area contributed by atoms with Crippen LogP contribution in [0.3, 0.4) is 0 Å². The Hall–Kier alpha value is 0.290. The summed E-state index contributed by atoms with van der Waals surface area (Å²) in [6, 6.07) is 0. The molecule has 0 unspecified atom stereocenters. The smallest absolute Gasteiger partial charge is 0.0279 e. The van der Waals surface area contributed by atoms with Crippen molar-refractivity contribution in [3.8, 4) is 0 Å². The first kappa shape index (κ1) is 16.3. The highest BCUT2D eigenvalue weighted by Gasteiger charge is 2.30. The number of alkyl halides is 1. The lowest BCUT2D eigenvalue weighted by Crippen LogP contribution is -2.25. The van der Waals surface area contributed by atoms with Crippen LogP contribution in [0.5, 0.6) is 0 Å². The number of halogens is 1. The Kier molecular flexibility index (Phi) is 9.19. The zero-order valence-corrected chi connectivity index (χ0v) is 13.2. The average molecular weight is 273 g/mol. The summed E-state index contributed by atoms with van der Waals surface area (Å²) in [5.74, 6) is 0.906. The molecule has 0 bridgehead atoms. The molecular weight excluding hydrogens is 240 g/mol. The molecular formula is C17H33Cl. The van der Waals surface area contributed by atoms with Gasteiger partial charge in [0.2, 0.25) is 0 Å². The van der Waals surface area contributed by atoms with Crippen molar-refractivity contribution in [2.45, 2.75) is 96.8 Å². The molecule has 18 heavy (non-hydrogen) atoms. The highest BCUT2D eigenvalue weighted by atomic mass is 35.5. The summed E-state index contributed by atoms with van der Waals surface area (Å²) in [6.07, 6.45) is 19.9. The van der Waals surface area contributed by atoms with Crippen LogP contribution in [0.25, 0.3) is 0 Å². The molecule has 0 N–H and O–H groups in total. The Bertz CT molecular complexity index is 182. The molecule has 108 valence electrons. The van der Waals surface area contributed by atoms with Gasteiger partial charge in [0.15, 0.2) is 0 Å². The van der Waals surface area contributed by atoms with Crippen molar-refractivity contribution in [3.05, 3.63) is 0 Å². The van der Waals surface area contributed by atoms with Crippen LogP contribution < -0.4 is 0 Å². The largest absolute Gasteiger partial charge is 0.126 e. The van der Waals surface area contributed by atoms with E-state index in [1.54, 1.807) is 0 Å². The molecule has 0 nitrogen and oxygen atoms in total. The average Bonchev–Trinajstić information content (AvgIpc) is 2.43. The predicted molar refractivity (Wildman–Crippen MR) is 83.5 cm³/mol. The summed E-state index contributed by atoms with van der Waals surface area (Å²) in [5, 5.41) is 0. The monoisotopic (exact) mass is 272 g/mol. The molecule has 0 heterocycles. The molecule has 0 aromatic heterocycles. The number of hydrogen-bond acceptors (Lipinski definition) is 0. The van der Waals surface area contributed by atoms with Crippen molar-refractivity contribution in [3.63, 3.8) is 0 Å². The molecule has 1 rings (SSSR count). The second-order valence-corrected chi connectivity index (χ2v) is 6.69. The molecule has 0 saturated heterocycles. The number of unbranched alkanes of at least 4 members (excludes halogenated alkanes) is 7.